The maximum absolute atomic E-state index is 11.5. The van der Waals surface area contributed by atoms with Crippen molar-refractivity contribution in [3.8, 4) is 5.75 Å². The number of nitrogens with one attached hydrogen (secondary N) is 2. The van der Waals surface area contributed by atoms with Gasteiger partial charge in [0.1, 0.15) is 11.4 Å². The highest BCUT2D eigenvalue weighted by Crippen LogP contribution is 2.30. The molecule has 0 bridgehead atoms. The first-order chi connectivity index (χ1) is 13.9. The summed E-state index contributed by atoms with van der Waals surface area (Å²) in [6.45, 7) is 1.50. The van der Waals surface area contributed by atoms with Crippen molar-refractivity contribution in [1.29, 1.82) is 0 Å². The Kier molecular flexibility index (Phi) is 5.54. The van der Waals surface area contributed by atoms with Gasteiger partial charge in [0.05, 0.1) is 18.0 Å². The summed E-state index contributed by atoms with van der Waals surface area (Å²) in [5, 5.41) is 28.2. The molecular weight excluding hydrogens is 378 g/mol. The zero-order valence-corrected chi connectivity index (χ0v) is 15.5. The van der Waals surface area contributed by atoms with E-state index in [4.69, 9.17) is 4.74 Å². The van der Waals surface area contributed by atoms with E-state index in [9.17, 15) is 20.0 Å². The second-order valence-electron chi connectivity index (χ2n) is 5.93. The summed E-state index contributed by atoms with van der Waals surface area (Å²) in [6, 6.07) is 12.6. The topological polar surface area (TPSA) is 142 Å². The third-order valence-electron chi connectivity index (χ3n) is 3.97. The van der Waals surface area contributed by atoms with Crippen molar-refractivity contribution in [2.24, 2.45) is 0 Å². The first-order valence-electron chi connectivity index (χ1n) is 8.40. The molecule has 0 spiro atoms. The number of rotatable bonds is 7. The van der Waals surface area contributed by atoms with Crippen molar-refractivity contribution in [1.82, 2.24) is 9.97 Å². The van der Waals surface area contributed by atoms with Crippen LogP contribution in [0.15, 0.2) is 48.5 Å². The van der Waals surface area contributed by atoms with E-state index in [2.05, 4.69) is 20.6 Å². The van der Waals surface area contributed by atoms with Gasteiger partial charge in [-0.05, 0) is 48.9 Å². The molecule has 0 saturated heterocycles. The zero-order valence-electron chi connectivity index (χ0n) is 15.5. The quantitative estimate of drug-likeness (QED) is 0.456. The second-order valence-corrected chi connectivity index (χ2v) is 5.93. The van der Waals surface area contributed by atoms with Crippen LogP contribution in [0.25, 0.3) is 0 Å². The first-order valence-corrected chi connectivity index (χ1v) is 8.40. The largest absolute Gasteiger partial charge is 0.545 e. The Hall–Kier alpha value is -4.21. The minimum absolute atomic E-state index is 0.0153. The molecule has 148 valence electrons. The molecule has 0 aliphatic heterocycles. The molecule has 2 aromatic carbocycles. The van der Waals surface area contributed by atoms with Gasteiger partial charge >= 0.3 is 5.69 Å². The van der Waals surface area contributed by atoms with Crippen molar-refractivity contribution in [3.63, 3.8) is 0 Å². The lowest BCUT2D eigenvalue weighted by atomic mass is 10.2. The van der Waals surface area contributed by atoms with Gasteiger partial charge < -0.3 is 25.3 Å². The summed E-state index contributed by atoms with van der Waals surface area (Å²) >= 11 is 0. The number of hydrogen-bond donors (Lipinski definition) is 2. The number of nitro groups is 1. The van der Waals surface area contributed by atoms with Crippen LogP contribution < -0.4 is 20.5 Å². The summed E-state index contributed by atoms with van der Waals surface area (Å²) in [7, 11) is 1.54. The number of ether oxygens (including phenoxy) is 1. The molecule has 0 aliphatic carbocycles. The highest BCUT2D eigenvalue weighted by molar-refractivity contribution is 5.86. The molecule has 10 heteroatoms. The summed E-state index contributed by atoms with van der Waals surface area (Å²) in [4.78, 5) is 30.1. The molecular formula is C19H16N5O5-. The van der Waals surface area contributed by atoms with Crippen molar-refractivity contribution >= 4 is 34.8 Å². The summed E-state index contributed by atoms with van der Waals surface area (Å²) < 4.78 is 5.10. The lowest BCUT2D eigenvalue weighted by Crippen LogP contribution is -2.21. The van der Waals surface area contributed by atoms with Gasteiger partial charge in [0.15, 0.2) is 0 Å². The monoisotopic (exact) mass is 394 g/mol. The summed E-state index contributed by atoms with van der Waals surface area (Å²) in [5.74, 6) is -0.511. The van der Waals surface area contributed by atoms with Crippen LogP contribution in [0.5, 0.6) is 5.75 Å². The van der Waals surface area contributed by atoms with Crippen LogP contribution in [0.1, 0.15) is 16.1 Å². The Morgan fingerprint density at radius 1 is 1.00 bits per heavy atom. The van der Waals surface area contributed by atoms with Crippen LogP contribution in [0.4, 0.5) is 28.8 Å². The molecule has 1 aromatic heterocycles. The Morgan fingerprint density at radius 3 is 2.14 bits per heavy atom. The van der Waals surface area contributed by atoms with E-state index >= 15 is 0 Å². The van der Waals surface area contributed by atoms with E-state index in [1.807, 2.05) is 0 Å². The Balaban J connectivity index is 1.92. The van der Waals surface area contributed by atoms with E-state index in [1.54, 1.807) is 31.4 Å². The van der Waals surface area contributed by atoms with E-state index in [0.717, 1.165) is 0 Å². The predicted octanol–water partition coefficient (Wildman–Crippen LogP) is 2.55. The number of carbonyl (C=O) groups is 1. The van der Waals surface area contributed by atoms with Crippen molar-refractivity contribution in [2.75, 3.05) is 17.7 Å². The SMILES string of the molecule is COc1ccc(Nc2nc(Nc3ccc(C(=O)[O-])cc3)nc(C)c2[N+](=O)[O-])cc1. The van der Waals surface area contributed by atoms with Gasteiger partial charge in [0, 0.05) is 11.4 Å². The van der Waals surface area contributed by atoms with Gasteiger partial charge in [0.25, 0.3) is 0 Å². The fourth-order valence-corrected chi connectivity index (χ4v) is 2.56. The molecule has 3 rings (SSSR count). The number of benzene rings is 2. The number of aromatic nitrogens is 2. The van der Waals surface area contributed by atoms with E-state index in [-0.39, 0.29) is 28.7 Å². The molecule has 0 atom stereocenters. The Morgan fingerprint density at radius 2 is 1.59 bits per heavy atom. The number of carbonyl (C=O) groups excluding carboxylic acids is 1. The summed E-state index contributed by atoms with van der Waals surface area (Å²) in [6.07, 6.45) is 0. The van der Waals surface area contributed by atoms with Crippen LogP contribution in [-0.4, -0.2) is 28.0 Å². The number of anilines is 4. The molecule has 3 aromatic rings. The van der Waals surface area contributed by atoms with Gasteiger partial charge in [-0.25, -0.2) is 4.98 Å². The normalized spacial score (nSPS) is 10.3. The first kappa shape index (κ1) is 19.5. The van der Waals surface area contributed by atoms with Crippen molar-refractivity contribution in [2.45, 2.75) is 6.92 Å². The average Bonchev–Trinajstić information content (AvgIpc) is 2.68. The number of hydrogen-bond acceptors (Lipinski definition) is 9. The fraction of sp³-hybridized carbons (Fsp3) is 0.105. The van der Waals surface area contributed by atoms with Crippen LogP contribution >= 0.6 is 0 Å². The molecule has 2 N–H and O–H groups in total. The van der Waals surface area contributed by atoms with Crippen molar-refractivity contribution in [3.05, 3.63) is 69.9 Å². The maximum Gasteiger partial charge on any atom is 0.332 e. The zero-order chi connectivity index (χ0) is 21.0. The third-order valence-corrected chi connectivity index (χ3v) is 3.97. The highest BCUT2D eigenvalue weighted by atomic mass is 16.6. The molecule has 0 fully saturated rings. The molecule has 1 heterocycles. The number of aryl methyl sites for hydroxylation is 1. The number of carboxylic acids is 1. The molecule has 0 amide bonds. The smallest absolute Gasteiger partial charge is 0.332 e. The van der Waals surface area contributed by atoms with Crippen molar-refractivity contribution < 1.29 is 19.6 Å². The number of carboxylic acid groups (broad SMARTS) is 1. The maximum atomic E-state index is 11.5. The van der Waals surface area contributed by atoms with E-state index < -0.39 is 10.9 Å². The third kappa shape index (κ3) is 4.56. The highest BCUT2D eigenvalue weighted by Gasteiger charge is 2.22. The van der Waals surface area contributed by atoms with Gasteiger partial charge in [0.2, 0.25) is 11.8 Å². The fourth-order valence-electron chi connectivity index (χ4n) is 2.56. The number of aromatic carboxylic acids is 1. The second kappa shape index (κ2) is 8.21. The molecule has 0 unspecified atom stereocenters. The van der Waals surface area contributed by atoms with Gasteiger partial charge in [-0.1, -0.05) is 12.1 Å². The van der Waals surface area contributed by atoms with E-state index in [1.165, 1.54) is 31.2 Å². The van der Waals surface area contributed by atoms with Gasteiger partial charge in [-0.3, -0.25) is 10.1 Å². The number of methoxy groups -OCH3 is 1. The molecule has 0 aliphatic rings. The Bertz CT molecular complexity index is 1050. The molecule has 29 heavy (non-hydrogen) atoms. The van der Waals surface area contributed by atoms with Crippen LogP contribution in [0, 0.1) is 17.0 Å². The van der Waals surface area contributed by atoms with Gasteiger partial charge in [-0.2, -0.15) is 4.98 Å². The van der Waals surface area contributed by atoms with Gasteiger partial charge in [-0.15, -0.1) is 0 Å². The minimum Gasteiger partial charge on any atom is -0.545 e. The molecule has 0 saturated carbocycles. The lowest BCUT2D eigenvalue weighted by molar-refractivity contribution is -0.385. The Labute approximate surface area is 165 Å². The average molecular weight is 394 g/mol. The number of nitrogens with zero attached hydrogens (tertiary/aromatic N) is 3. The van der Waals surface area contributed by atoms with Crippen LogP contribution in [0.3, 0.4) is 0 Å². The predicted molar refractivity (Wildman–Crippen MR) is 104 cm³/mol. The minimum atomic E-state index is -1.29. The van der Waals surface area contributed by atoms with Crippen LogP contribution in [0.2, 0.25) is 0 Å². The van der Waals surface area contributed by atoms with Crippen LogP contribution in [-0.2, 0) is 0 Å². The van der Waals surface area contributed by atoms with E-state index in [0.29, 0.717) is 17.1 Å². The molecule has 0 radical (unpaired) electrons. The lowest BCUT2D eigenvalue weighted by Gasteiger charge is -2.12. The molecule has 10 nitrogen and oxygen atoms in total. The standard InChI is InChI=1S/C19H17N5O5/c1-11-16(24(27)28)17(21-13-7-9-15(29-2)10-8-13)23-19(20-11)22-14-5-3-12(4-6-14)18(25)26/h3-10H,1-2H3,(H,25,26)(H2,20,21,22,23)/p-1. The summed E-state index contributed by atoms with van der Waals surface area (Å²) in [5.41, 5.74) is 1.03.